The number of ether oxygens (including phenoxy) is 2. The number of Topliss-reactive ketones (excluding diaryl/α,β-unsaturated/α-hetero) is 1. The highest BCUT2D eigenvalue weighted by atomic mass is 35.5. The van der Waals surface area contributed by atoms with Gasteiger partial charge in [0.05, 0.1) is 12.7 Å². The molecule has 4 rings (SSSR count). The van der Waals surface area contributed by atoms with Gasteiger partial charge in [-0.1, -0.05) is 42.8 Å². The summed E-state index contributed by atoms with van der Waals surface area (Å²) in [5.41, 5.74) is 4.69. The Hall–Kier alpha value is -2.70. The van der Waals surface area contributed by atoms with Crippen LogP contribution in [0.5, 0.6) is 5.75 Å². The van der Waals surface area contributed by atoms with Crippen LogP contribution in [0.15, 0.2) is 71.1 Å². The Morgan fingerprint density at radius 3 is 2.43 bits per heavy atom. The van der Waals surface area contributed by atoms with E-state index in [1.165, 1.54) is 0 Å². The van der Waals surface area contributed by atoms with E-state index < -0.39 is 5.92 Å². The van der Waals surface area contributed by atoms with E-state index in [2.05, 4.69) is 12.2 Å². The molecule has 0 radical (unpaired) electrons. The summed E-state index contributed by atoms with van der Waals surface area (Å²) in [6.07, 6.45) is 1.06. The highest BCUT2D eigenvalue weighted by molar-refractivity contribution is 7.99. The molecule has 0 fully saturated rings. The number of ketones is 1. The maximum atomic E-state index is 13.6. The van der Waals surface area contributed by atoms with Crippen molar-refractivity contribution in [1.82, 2.24) is 5.32 Å². The van der Waals surface area contributed by atoms with Crippen molar-refractivity contribution in [3.63, 3.8) is 0 Å². The van der Waals surface area contributed by atoms with Crippen LogP contribution in [0, 0.1) is 0 Å². The molecular formula is C28H30ClNO4S. The van der Waals surface area contributed by atoms with Crippen LogP contribution in [0.1, 0.15) is 49.7 Å². The van der Waals surface area contributed by atoms with Gasteiger partial charge in [0.1, 0.15) is 12.4 Å². The maximum absolute atomic E-state index is 13.6. The van der Waals surface area contributed by atoms with E-state index in [9.17, 15) is 9.59 Å². The van der Waals surface area contributed by atoms with Gasteiger partial charge in [-0.05, 0) is 60.4 Å². The summed E-state index contributed by atoms with van der Waals surface area (Å²) in [7, 11) is 1.61. The van der Waals surface area contributed by atoms with Crippen molar-refractivity contribution in [2.45, 2.75) is 38.5 Å². The molecule has 1 aliphatic heterocycles. The number of allylic oxidation sites excluding steroid dienone is 3. The summed E-state index contributed by atoms with van der Waals surface area (Å²) in [4.78, 5) is 26.9. The Kier molecular flexibility index (Phi) is 8.24. The number of carbonyl (C=O) groups is 2. The third-order valence-electron chi connectivity index (χ3n) is 6.50. The quantitative estimate of drug-likeness (QED) is 0.346. The summed E-state index contributed by atoms with van der Waals surface area (Å²) in [5.74, 6) is 1.65. The minimum atomic E-state index is -0.484. The van der Waals surface area contributed by atoms with Crippen molar-refractivity contribution >= 4 is 35.1 Å². The average Bonchev–Trinajstić information content (AvgIpc) is 2.86. The minimum Gasteiger partial charge on any atom is -0.497 e. The molecule has 0 saturated carbocycles. The monoisotopic (exact) mass is 511 g/mol. The van der Waals surface area contributed by atoms with Crippen LogP contribution in [0.2, 0.25) is 5.02 Å². The van der Waals surface area contributed by atoms with Crippen molar-refractivity contribution in [2.75, 3.05) is 25.2 Å². The summed E-state index contributed by atoms with van der Waals surface area (Å²) in [5, 5.41) is 4.07. The number of halogens is 1. The molecule has 0 aromatic heterocycles. The Bertz CT molecular complexity index is 1150. The first-order chi connectivity index (χ1) is 16.9. The first-order valence-corrected chi connectivity index (χ1v) is 13.3. The van der Waals surface area contributed by atoms with Crippen LogP contribution >= 0.6 is 23.4 Å². The van der Waals surface area contributed by atoms with E-state index in [0.717, 1.165) is 39.8 Å². The third-order valence-corrected chi connectivity index (χ3v) is 7.62. The fourth-order valence-electron chi connectivity index (χ4n) is 4.83. The second kappa shape index (κ2) is 11.4. The summed E-state index contributed by atoms with van der Waals surface area (Å²) in [6.45, 7) is 4.29. The molecule has 1 N–H and O–H groups in total. The lowest BCUT2D eigenvalue weighted by Crippen LogP contribution is -2.36. The minimum absolute atomic E-state index is 0.0406. The Morgan fingerprint density at radius 2 is 1.77 bits per heavy atom. The van der Waals surface area contributed by atoms with Crippen molar-refractivity contribution < 1.29 is 19.1 Å². The first kappa shape index (κ1) is 25.4. The zero-order chi connectivity index (χ0) is 24.9. The molecule has 2 atom stereocenters. The number of hydrogen-bond acceptors (Lipinski definition) is 6. The Labute approximate surface area is 215 Å². The highest BCUT2D eigenvalue weighted by Gasteiger charge is 2.41. The molecule has 5 nitrogen and oxygen atoms in total. The molecule has 184 valence electrons. The topological polar surface area (TPSA) is 64.6 Å². The van der Waals surface area contributed by atoms with Crippen molar-refractivity contribution in [2.24, 2.45) is 0 Å². The van der Waals surface area contributed by atoms with E-state index in [-0.39, 0.29) is 17.7 Å². The second-order valence-corrected chi connectivity index (χ2v) is 10.5. The number of dihydropyridines is 1. The largest absolute Gasteiger partial charge is 0.497 e. The fraction of sp³-hybridized carbons (Fsp3) is 0.357. The van der Waals surface area contributed by atoms with Crippen LogP contribution in [0.25, 0.3) is 0 Å². The molecule has 1 aliphatic carbocycles. The number of hydrogen-bond donors (Lipinski definition) is 1. The van der Waals surface area contributed by atoms with Gasteiger partial charge >= 0.3 is 5.97 Å². The first-order valence-electron chi connectivity index (χ1n) is 11.8. The van der Waals surface area contributed by atoms with Crippen LogP contribution in [0.4, 0.5) is 0 Å². The SMILES string of the molecule is CCSCCOC(=O)C1=C(C)NC2=C(C(=O)C[C@@H](c3ccc(Cl)cc3)C2)[C@H]1c1ccc(OC)cc1. The van der Waals surface area contributed by atoms with Gasteiger partial charge < -0.3 is 14.8 Å². The number of rotatable bonds is 8. The molecule has 0 unspecified atom stereocenters. The van der Waals surface area contributed by atoms with Gasteiger partial charge in [0.25, 0.3) is 0 Å². The van der Waals surface area contributed by atoms with Gasteiger partial charge in [-0.2, -0.15) is 11.8 Å². The Balaban J connectivity index is 1.70. The van der Waals surface area contributed by atoms with Crippen LogP contribution in [-0.2, 0) is 14.3 Å². The summed E-state index contributed by atoms with van der Waals surface area (Å²) < 4.78 is 11.0. The molecule has 2 aromatic carbocycles. The van der Waals surface area contributed by atoms with Gasteiger partial charge in [0, 0.05) is 40.1 Å². The number of benzene rings is 2. The lowest BCUT2D eigenvalue weighted by molar-refractivity contribution is -0.138. The summed E-state index contributed by atoms with van der Waals surface area (Å²) in [6, 6.07) is 15.2. The highest BCUT2D eigenvalue weighted by Crippen LogP contribution is 2.46. The van der Waals surface area contributed by atoms with Gasteiger partial charge in [-0.25, -0.2) is 4.79 Å². The van der Waals surface area contributed by atoms with Gasteiger partial charge in [0.15, 0.2) is 5.78 Å². The molecular weight excluding hydrogens is 482 g/mol. The number of esters is 1. The number of carbonyl (C=O) groups excluding carboxylic acids is 2. The second-order valence-electron chi connectivity index (χ2n) is 8.67. The lowest BCUT2D eigenvalue weighted by Gasteiger charge is -2.36. The standard InChI is InChI=1S/C28H30ClNO4S/c1-4-35-14-13-34-28(32)25-17(2)30-23-15-20(18-5-9-21(29)10-6-18)16-24(31)27(23)26(25)19-7-11-22(33-3)12-8-19/h5-12,20,26,30H,4,13-16H2,1-3H3/t20-,26-/m0/s1. The third kappa shape index (κ3) is 5.60. The van der Waals surface area contributed by atoms with E-state index >= 15 is 0 Å². The molecule has 0 bridgehead atoms. The van der Waals surface area contributed by atoms with E-state index in [0.29, 0.717) is 35.6 Å². The van der Waals surface area contributed by atoms with E-state index in [1.54, 1.807) is 18.9 Å². The van der Waals surface area contributed by atoms with Gasteiger partial charge in [-0.3, -0.25) is 4.79 Å². The molecule has 0 amide bonds. The normalized spacial score (nSPS) is 19.8. The average molecular weight is 512 g/mol. The maximum Gasteiger partial charge on any atom is 0.336 e. The molecule has 2 aliphatic rings. The molecule has 35 heavy (non-hydrogen) atoms. The van der Waals surface area contributed by atoms with Crippen molar-refractivity contribution in [3.05, 3.63) is 87.2 Å². The Morgan fingerprint density at radius 1 is 1.09 bits per heavy atom. The molecule has 7 heteroatoms. The molecule has 0 saturated heterocycles. The van der Waals surface area contributed by atoms with Gasteiger partial charge in [0.2, 0.25) is 0 Å². The van der Waals surface area contributed by atoms with Crippen LogP contribution < -0.4 is 10.1 Å². The molecule has 2 aromatic rings. The summed E-state index contributed by atoms with van der Waals surface area (Å²) >= 11 is 7.79. The van der Waals surface area contributed by atoms with E-state index in [1.807, 2.05) is 55.5 Å². The predicted molar refractivity (Wildman–Crippen MR) is 141 cm³/mol. The zero-order valence-corrected chi connectivity index (χ0v) is 21.8. The zero-order valence-electron chi connectivity index (χ0n) is 20.2. The number of methoxy groups -OCH3 is 1. The van der Waals surface area contributed by atoms with Gasteiger partial charge in [-0.15, -0.1) is 0 Å². The fourth-order valence-corrected chi connectivity index (χ4v) is 5.44. The number of nitrogens with one attached hydrogen (secondary N) is 1. The predicted octanol–water partition coefficient (Wildman–Crippen LogP) is 6.01. The molecule has 0 spiro atoms. The van der Waals surface area contributed by atoms with Crippen LogP contribution in [0.3, 0.4) is 0 Å². The van der Waals surface area contributed by atoms with E-state index in [4.69, 9.17) is 21.1 Å². The lowest BCUT2D eigenvalue weighted by atomic mass is 9.72. The smallest absolute Gasteiger partial charge is 0.336 e. The van der Waals surface area contributed by atoms with Crippen LogP contribution in [-0.4, -0.2) is 37.0 Å². The number of thioether (sulfide) groups is 1. The molecule has 1 heterocycles. The van der Waals surface area contributed by atoms with Crippen molar-refractivity contribution in [3.8, 4) is 5.75 Å². The van der Waals surface area contributed by atoms with Crippen molar-refractivity contribution in [1.29, 1.82) is 0 Å².